The molecule has 7 nitrogen and oxygen atoms in total. The lowest BCUT2D eigenvalue weighted by atomic mass is 10.0. The predicted molar refractivity (Wildman–Crippen MR) is 129 cm³/mol. The van der Waals surface area contributed by atoms with Gasteiger partial charge in [0.1, 0.15) is 17.9 Å². The molecule has 0 radical (unpaired) electrons. The van der Waals surface area contributed by atoms with Gasteiger partial charge in [-0.3, -0.25) is 4.79 Å². The normalized spacial score (nSPS) is 11.3. The lowest BCUT2D eigenvalue weighted by Crippen LogP contribution is -2.34. The molecule has 1 aromatic heterocycles. The maximum atomic E-state index is 12.7. The van der Waals surface area contributed by atoms with Crippen molar-refractivity contribution in [2.75, 3.05) is 0 Å². The van der Waals surface area contributed by atoms with Crippen molar-refractivity contribution in [3.05, 3.63) is 106 Å². The number of nitrogens with one attached hydrogen (secondary N) is 1. The van der Waals surface area contributed by atoms with Crippen LogP contribution in [0.4, 0.5) is 0 Å². The highest BCUT2D eigenvalue weighted by Crippen LogP contribution is 2.27. The van der Waals surface area contributed by atoms with Crippen molar-refractivity contribution < 1.29 is 4.79 Å². The van der Waals surface area contributed by atoms with Gasteiger partial charge < -0.3 is 0 Å². The van der Waals surface area contributed by atoms with Crippen LogP contribution in [0.2, 0.25) is 5.02 Å². The fraction of sp³-hybridized carbons (Fsp3) is 0.0800. The molecule has 1 amide bonds. The molecule has 0 saturated heterocycles. The van der Waals surface area contributed by atoms with Crippen LogP contribution in [0, 0.1) is 0 Å². The van der Waals surface area contributed by atoms with Gasteiger partial charge in [-0.2, -0.15) is 15.2 Å². The fourth-order valence-corrected chi connectivity index (χ4v) is 3.31. The minimum Gasteiger partial charge on any atom is -0.271 e. The van der Waals surface area contributed by atoms with Gasteiger partial charge >= 0.3 is 5.69 Å². The minimum absolute atomic E-state index is 0.321. The largest absolute Gasteiger partial charge is 0.365 e. The van der Waals surface area contributed by atoms with Crippen LogP contribution in [0.1, 0.15) is 12.5 Å². The molecule has 164 valence electrons. The molecule has 4 aromatic rings. The Morgan fingerprint density at radius 2 is 1.48 bits per heavy atom. The maximum absolute atomic E-state index is 12.7. The molecule has 0 bridgehead atoms. The van der Waals surface area contributed by atoms with Crippen molar-refractivity contribution in [1.82, 2.24) is 20.2 Å². The molecule has 4 rings (SSSR count). The number of carbonyl (C=O) groups is 1. The zero-order valence-corrected chi connectivity index (χ0v) is 18.5. The summed E-state index contributed by atoms with van der Waals surface area (Å²) in [5.41, 5.74) is 5.78. The van der Waals surface area contributed by atoms with Crippen LogP contribution in [0.5, 0.6) is 0 Å². The van der Waals surface area contributed by atoms with E-state index in [0.29, 0.717) is 22.1 Å². The number of hydrogen-bond acceptors (Lipinski definition) is 5. The number of nitrogens with zero attached hydrogens (tertiary/aromatic N) is 4. The number of benzene rings is 3. The van der Waals surface area contributed by atoms with E-state index in [1.54, 1.807) is 31.2 Å². The minimum atomic E-state index is -0.623. The van der Waals surface area contributed by atoms with E-state index < -0.39 is 11.6 Å². The Morgan fingerprint density at radius 3 is 2.09 bits per heavy atom. The zero-order valence-electron chi connectivity index (χ0n) is 17.8. The quantitative estimate of drug-likeness (QED) is 0.347. The number of halogens is 1. The van der Waals surface area contributed by atoms with E-state index in [4.69, 9.17) is 11.6 Å². The van der Waals surface area contributed by atoms with Gasteiger partial charge in [-0.1, -0.05) is 84.4 Å². The second-order valence-electron chi connectivity index (χ2n) is 7.22. The fourth-order valence-electron chi connectivity index (χ4n) is 3.18. The van der Waals surface area contributed by atoms with Gasteiger partial charge in [-0.05, 0) is 24.6 Å². The summed E-state index contributed by atoms with van der Waals surface area (Å²) in [6, 6.07) is 25.8. The summed E-state index contributed by atoms with van der Waals surface area (Å²) in [5.74, 6) is -0.494. The molecule has 0 atom stereocenters. The molecule has 1 heterocycles. The Bertz CT molecular complexity index is 1350. The summed E-state index contributed by atoms with van der Waals surface area (Å²) in [6.45, 7) is 1.44. The molecule has 3 aromatic carbocycles. The summed E-state index contributed by atoms with van der Waals surface area (Å²) < 4.78 is 1.04. The van der Waals surface area contributed by atoms with E-state index >= 15 is 0 Å². The van der Waals surface area contributed by atoms with Crippen molar-refractivity contribution in [2.45, 2.75) is 13.5 Å². The number of rotatable bonds is 6. The second-order valence-corrected chi connectivity index (χ2v) is 7.66. The van der Waals surface area contributed by atoms with Crippen molar-refractivity contribution in [3.8, 4) is 22.5 Å². The summed E-state index contributed by atoms with van der Waals surface area (Å²) in [4.78, 5) is 29.4. The number of hydrazone groups is 1. The van der Waals surface area contributed by atoms with Crippen LogP contribution in [-0.2, 0) is 11.3 Å². The van der Waals surface area contributed by atoms with E-state index in [1.807, 2.05) is 60.7 Å². The summed E-state index contributed by atoms with van der Waals surface area (Å²) in [7, 11) is 0. The lowest BCUT2D eigenvalue weighted by Gasteiger charge is -2.11. The first kappa shape index (κ1) is 22.1. The molecule has 0 spiro atoms. The smallest absolute Gasteiger partial charge is 0.271 e. The van der Waals surface area contributed by atoms with Crippen LogP contribution >= 0.6 is 11.6 Å². The van der Waals surface area contributed by atoms with Crippen LogP contribution in [-0.4, -0.2) is 26.4 Å². The third-order valence-electron chi connectivity index (χ3n) is 4.87. The van der Waals surface area contributed by atoms with Crippen molar-refractivity contribution in [1.29, 1.82) is 0 Å². The monoisotopic (exact) mass is 457 g/mol. The van der Waals surface area contributed by atoms with Gasteiger partial charge in [0.15, 0.2) is 0 Å². The van der Waals surface area contributed by atoms with Crippen molar-refractivity contribution >= 4 is 23.2 Å². The standard InChI is InChI=1S/C25H20ClN5O2/c1-17(18-12-14-21(26)15-13-18)28-29-22(32)16-31-25(33)27-23(19-8-4-2-5-9-19)24(30-31)20-10-6-3-7-11-20/h2-15H,16H2,1H3,(H,29,32)/b28-17+. The third kappa shape index (κ3) is 5.39. The highest BCUT2D eigenvalue weighted by atomic mass is 35.5. The summed E-state index contributed by atoms with van der Waals surface area (Å²) >= 11 is 5.90. The third-order valence-corrected chi connectivity index (χ3v) is 5.12. The van der Waals surface area contributed by atoms with Gasteiger partial charge in [-0.25, -0.2) is 14.9 Å². The molecule has 0 fully saturated rings. The Kier molecular flexibility index (Phi) is 6.71. The van der Waals surface area contributed by atoms with Crippen LogP contribution < -0.4 is 11.1 Å². The van der Waals surface area contributed by atoms with E-state index in [2.05, 4.69) is 20.6 Å². The van der Waals surface area contributed by atoms with Crippen LogP contribution in [0.3, 0.4) is 0 Å². The van der Waals surface area contributed by atoms with Crippen molar-refractivity contribution in [3.63, 3.8) is 0 Å². The van der Waals surface area contributed by atoms with E-state index in [0.717, 1.165) is 21.4 Å². The number of aromatic nitrogens is 3. The molecule has 1 N–H and O–H groups in total. The van der Waals surface area contributed by atoms with Gasteiger partial charge in [0.05, 0.1) is 5.71 Å². The van der Waals surface area contributed by atoms with Gasteiger partial charge in [0.2, 0.25) is 0 Å². The second kappa shape index (κ2) is 10.0. The van der Waals surface area contributed by atoms with Gasteiger partial charge in [0, 0.05) is 16.1 Å². The van der Waals surface area contributed by atoms with E-state index in [-0.39, 0.29) is 6.54 Å². The molecule has 8 heteroatoms. The Hall–Kier alpha value is -4.10. The molecule has 0 aliphatic heterocycles. The molecule has 0 unspecified atom stereocenters. The number of carbonyl (C=O) groups excluding carboxylic acids is 1. The Morgan fingerprint density at radius 1 is 0.909 bits per heavy atom. The number of amides is 1. The Balaban J connectivity index is 1.61. The molecule has 0 aliphatic carbocycles. The first-order valence-corrected chi connectivity index (χ1v) is 10.6. The topological polar surface area (TPSA) is 89.2 Å². The van der Waals surface area contributed by atoms with Gasteiger partial charge in [0.25, 0.3) is 5.91 Å². The molecular weight excluding hydrogens is 438 g/mol. The molecule has 33 heavy (non-hydrogen) atoms. The molecule has 0 aliphatic rings. The SMILES string of the molecule is C/C(=N\NC(=O)Cn1nc(-c2ccccc2)c(-c2ccccc2)nc1=O)c1ccc(Cl)cc1. The Labute approximate surface area is 195 Å². The van der Waals surface area contributed by atoms with E-state index in [9.17, 15) is 9.59 Å². The lowest BCUT2D eigenvalue weighted by molar-refractivity contribution is -0.121. The number of hydrogen-bond donors (Lipinski definition) is 1. The summed E-state index contributed by atoms with van der Waals surface area (Å²) in [6.07, 6.45) is 0. The first-order valence-electron chi connectivity index (χ1n) is 10.2. The predicted octanol–water partition coefficient (Wildman–Crippen LogP) is 4.17. The van der Waals surface area contributed by atoms with Crippen LogP contribution in [0.15, 0.2) is 94.8 Å². The average Bonchev–Trinajstić information content (AvgIpc) is 2.85. The van der Waals surface area contributed by atoms with Gasteiger partial charge in [-0.15, -0.1) is 0 Å². The highest BCUT2D eigenvalue weighted by molar-refractivity contribution is 6.30. The average molecular weight is 458 g/mol. The van der Waals surface area contributed by atoms with Crippen molar-refractivity contribution in [2.24, 2.45) is 5.10 Å². The molecule has 0 saturated carbocycles. The maximum Gasteiger partial charge on any atom is 0.365 e. The molecular formula is C25H20ClN5O2. The van der Waals surface area contributed by atoms with Crippen LogP contribution in [0.25, 0.3) is 22.5 Å². The summed E-state index contributed by atoms with van der Waals surface area (Å²) in [5, 5.41) is 9.19. The highest BCUT2D eigenvalue weighted by Gasteiger charge is 2.16. The zero-order chi connectivity index (χ0) is 23.2. The first-order chi connectivity index (χ1) is 16.0. The van der Waals surface area contributed by atoms with E-state index in [1.165, 1.54) is 0 Å².